The van der Waals surface area contributed by atoms with Crippen LogP contribution in [0, 0.1) is 16.7 Å². The summed E-state index contributed by atoms with van der Waals surface area (Å²) in [5, 5.41) is 51.8. The number of Topliss-reactive ketones (excluding diaryl/α,β-unsaturated/α-hetero) is 1. The molecule has 16 heteroatoms. The molecule has 1 heterocycles. The van der Waals surface area contributed by atoms with E-state index in [2.05, 4.69) is 5.32 Å². The molecule has 1 saturated heterocycles. The van der Waals surface area contributed by atoms with Gasteiger partial charge in [0.1, 0.15) is 30.0 Å². The zero-order chi connectivity index (χ0) is 45.8. The van der Waals surface area contributed by atoms with E-state index in [0.717, 1.165) is 13.8 Å². The fourth-order valence-corrected chi connectivity index (χ4v) is 10.3. The molecule has 3 aliphatic carbocycles. The van der Waals surface area contributed by atoms with Crippen molar-refractivity contribution >= 4 is 35.6 Å². The Bertz CT molecular complexity index is 2320. The third-order valence-electron chi connectivity index (χ3n) is 13.5. The molecule has 4 aliphatic rings. The molecular formula is C47H51NO15. The van der Waals surface area contributed by atoms with Gasteiger partial charge in [-0.25, -0.2) is 9.59 Å². The van der Waals surface area contributed by atoms with E-state index in [4.69, 9.17) is 23.7 Å². The fraction of sp³-hybridized carbons (Fsp3) is 0.447. The second-order valence-corrected chi connectivity index (χ2v) is 17.5. The van der Waals surface area contributed by atoms with E-state index < -0.39 is 125 Å². The molecule has 0 radical (unpaired) electrons. The number of carbonyl (C=O) groups excluding carboxylic acids is 6. The van der Waals surface area contributed by atoms with Gasteiger partial charge in [-0.15, -0.1) is 0 Å². The number of ketones is 1. The zero-order valence-electron chi connectivity index (χ0n) is 35.6. The Morgan fingerprint density at radius 1 is 0.810 bits per heavy atom. The molecule has 1 aliphatic heterocycles. The minimum atomic E-state index is -2.48. The highest BCUT2D eigenvalue weighted by Gasteiger charge is 2.80. The monoisotopic (exact) mass is 869 g/mol. The lowest BCUT2D eigenvalue weighted by molar-refractivity contribution is -0.369. The molecule has 2 bridgehead atoms. The number of aliphatic hydroxyl groups excluding tert-OH is 3. The quantitative estimate of drug-likeness (QED) is 0.112. The van der Waals surface area contributed by atoms with Gasteiger partial charge in [0.25, 0.3) is 5.91 Å². The number of fused-ring (bicyclic) bond motifs is 5. The summed E-state index contributed by atoms with van der Waals surface area (Å²) in [5.41, 5.74) is -7.98. The van der Waals surface area contributed by atoms with Crippen molar-refractivity contribution in [1.29, 1.82) is 0 Å². The van der Waals surface area contributed by atoms with Gasteiger partial charge in [0.05, 0.1) is 35.6 Å². The number of nitrogens with one attached hydrogen (secondary N) is 1. The molecule has 334 valence electrons. The standard InChI is InChI=1S/C47H51NO15/c1-24-30(61-43(57)33(51)32(27-16-10-7-11-17-27)48-41(55)28-18-12-8-13-19-28)22-47(58)40(62-42(56)29-20-14-9-15-21-29)36-45(6,38(54)35(60-25(2)49)31(24)44(47,4)5)37(53)34(52)39-46(36,23-59-39)63-26(3)50/h7-21,30,32-37,39-40,51-53,58H,22-23H2,1-6H3,(H,48,55)/t30-,32-,33+,34?,35+,36-,37-,39+,40-,45-,46+,47+/m0/s1. The van der Waals surface area contributed by atoms with Crippen molar-refractivity contribution in [3.8, 4) is 0 Å². The molecule has 5 N–H and O–H groups in total. The first-order valence-corrected chi connectivity index (χ1v) is 20.6. The molecule has 12 atom stereocenters. The van der Waals surface area contributed by atoms with Crippen LogP contribution in [0.3, 0.4) is 0 Å². The molecule has 1 unspecified atom stereocenters. The summed E-state index contributed by atoms with van der Waals surface area (Å²) in [6, 6.07) is 22.6. The number of ether oxygens (including phenoxy) is 5. The lowest BCUT2D eigenvalue weighted by Crippen LogP contribution is -2.85. The number of hydrogen-bond acceptors (Lipinski definition) is 15. The topological polar surface area (TPSA) is 242 Å². The average molecular weight is 870 g/mol. The molecule has 7 rings (SSSR count). The first kappa shape index (κ1) is 45.3. The second-order valence-electron chi connectivity index (χ2n) is 17.5. The van der Waals surface area contributed by atoms with Gasteiger partial charge in [-0.2, -0.15) is 0 Å². The summed E-state index contributed by atoms with van der Waals surface area (Å²) in [6.45, 7) is 7.39. The molecule has 1 amide bonds. The largest absolute Gasteiger partial charge is 0.456 e. The summed E-state index contributed by atoms with van der Waals surface area (Å²) in [6.07, 6.45) is -13.5. The smallest absolute Gasteiger partial charge is 0.338 e. The minimum Gasteiger partial charge on any atom is -0.456 e. The Hall–Kier alpha value is -5.78. The molecule has 3 aromatic carbocycles. The van der Waals surface area contributed by atoms with Gasteiger partial charge in [0, 0.05) is 31.2 Å². The zero-order valence-corrected chi connectivity index (χ0v) is 35.6. The van der Waals surface area contributed by atoms with Crippen LogP contribution in [0.1, 0.15) is 80.3 Å². The number of rotatable bonds is 10. The highest BCUT2D eigenvalue weighted by Crippen LogP contribution is 2.64. The Morgan fingerprint density at radius 3 is 1.92 bits per heavy atom. The predicted molar refractivity (Wildman–Crippen MR) is 219 cm³/mol. The van der Waals surface area contributed by atoms with Crippen molar-refractivity contribution in [2.45, 2.75) is 108 Å². The van der Waals surface area contributed by atoms with Crippen LogP contribution in [-0.4, -0.2) is 117 Å². The second kappa shape index (κ2) is 16.7. The number of amides is 1. The fourth-order valence-electron chi connectivity index (χ4n) is 10.3. The molecule has 3 aromatic rings. The maximum Gasteiger partial charge on any atom is 0.338 e. The van der Waals surface area contributed by atoms with Crippen molar-refractivity contribution < 1.29 is 72.9 Å². The molecular weight excluding hydrogens is 819 g/mol. The Balaban J connectivity index is 1.40. The Kier molecular flexibility index (Phi) is 12.0. The van der Waals surface area contributed by atoms with Crippen molar-refractivity contribution in [1.82, 2.24) is 5.32 Å². The maximum absolute atomic E-state index is 15.5. The summed E-state index contributed by atoms with van der Waals surface area (Å²) in [7, 11) is 0. The molecule has 63 heavy (non-hydrogen) atoms. The normalized spacial score (nSPS) is 32.7. The number of aliphatic hydroxyl groups is 4. The Labute approximate surface area is 363 Å². The van der Waals surface area contributed by atoms with E-state index in [1.54, 1.807) is 78.9 Å². The third-order valence-corrected chi connectivity index (χ3v) is 13.5. The summed E-state index contributed by atoms with van der Waals surface area (Å²) < 4.78 is 29.9. The van der Waals surface area contributed by atoms with Gasteiger partial charge in [-0.3, -0.25) is 19.2 Å². The average Bonchev–Trinajstić information content (AvgIpc) is 3.24. The SMILES string of the molecule is CC(=O)O[C@H]1C(=O)[C@@]2(C)[C@H]([C@H](OC(=O)c3ccccc3)[C@]3(O)C[C@H](OC(=O)[C@H](O)[C@@H](NC(=O)c4ccccc4)c4ccccc4)C(C)=C1C3(C)C)[C@]1(OC(C)=O)CO[C@@H]1C(O)[C@@H]2O. The summed E-state index contributed by atoms with van der Waals surface area (Å²) >= 11 is 0. The van der Waals surface area contributed by atoms with Crippen LogP contribution in [-0.2, 0) is 42.9 Å². The summed E-state index contributed by atoms with van der Waals surface area (Å²) in [5.74, 6) is -7.48. The van der Waals surface area contributed by atoms with E-state index in [1.807, 2.05) is 0 Å². The van der Waals surface area contributed by atoms with E-state index in [9.17, 15) is 44.4 Å². The van der Waals surface area contributed by atoms with E-state index in [0.29, 0.717) is 5.56 Å². The Morgan fingerprint density at radius 2 is 1.38 bits per heavy atom. The molecule has 0 aromatic heterocycles. The summed E-state index contributed by atoms with van der Waals surface area (Å²) in [4.78, 5) is 83.6. The van der Waals surface area contributed by atoms with Crippen molar-refractivity contribution in [3.05, 3.63) is 119 Å². The van der Waals surface area contributed by atoms with Crippen molar-refractivity contribution in [3.63, 3.8) is 0 Å². The van der Waals surface area contributed by atoms with E-state index >= 15 is 4.79 Å². The third kappa shape index (κ3) is 7.42. The van der Waals surface area contributed by atoms with E-state index in [1.165, 1.54) is 39.8 Å². The van der Waals surface area contributed by atoms with Gasteiger partial charge in [-0.1, -0.05) is 80.6 Å². The van der Waals surface area contributed by atoms with Crippen LogP contribution in [0.2, 0.25) is 0 Å². The molecule has 2 saturated carbocycles. The first-order valence-electron chi connectivity index (χ1n) is 20.6. The van der Waals surface area contributed by atoms with Crippen LogP contribution in [0.15, 0.2) is 102 Å². The number of benzene rings is 3. The molecule has 16 nitrogen and oxygen atoms in total. The predicted octanol–water partition coefficient (Wildman–Crippen LogP) is 2.71. The van der Waals surface area contributed by atoms with Gasteiger partial charge in [-0.05, 0) is 54.8 Å². The first-order chi connectivity index (χ1) is 29.7. The minimum absolute atomic E-state index is 0.0180. The van der Waals surface area contributed by atoms with Crippen LogP contribution in [0.5, 0.6) is 0 Å². The van der Waals surface area contributed by atoms with E-state index in [-0.39, 0.29) is 22.3 Å². The van der Waals surface area contributed by atoms with Crippen molar-refractivity contribution in [2.24, 2.45) is 16.7 Å². The van der Waals surface area contributed by atoms with Crippen LogP contribution in [0.4, 0.5) is 0 Å². The van der Waals surface area contributed by atoms with Gasteiger partial charge in [0.2, 0.25) is 0 Å². The lowest BCUT2D eigenvalue weighted by atomic mass is 9.44. The highest BCUT2D eigenvalue weighted by molar-refractivity contribution is 5.96. The maximum atomic E-state index is 15.5. The molecule has 0 spiro atoms. The van der Waals surface area contributed by atoms with Gasteiger partial charge in [0.15, 0.2) is 23.6 Å². The molecule has 3 fully saturated rings. The van der Waals surface area contributed by atoms with Gasteiger partial charge < -0.3 is 49.4 Å². The number of carbonyl (C=O) groups is 6. The lowest BCUT2D eigenvalue weighted by Gasteiger charge is -2.68. The van der Waals surface area contributed by atoms with Gasteiger partial charge >= 0.3 is 23.9 Å². The van der Waals surface area contributed by atoms with Crippen molar-refractivity contribution in [2.75, 3.05) is 6.61 Å². The highest BCUT2D eigenvalue weighted by atomic mass is 16.6. The number of hydrogen-bond donors (Lipinski definition) is 5. The van der Waals surface area contributed by atoms with Crippen LogP contribution >= 0.6 is 0 Å². The van der Waals surface area contributed by atoms with Crippen LogP contribution in [0.25, 0.3) is 0 Å². The number of esters is 4. The van der Waals surface area contributed by atoms with Crippen LogP contribution < -0.4 is 5.32 Å².